The number of carbonyl (C=O) groups excluding carboxylic acids is 1. The first-order valence-electron chi connectivity index (χ1n) is 11.4. The van der Waals surface area contributed by atoms with Crippen molar-refractivity contribution < 1.29 is 4.79 Å². The number of fused-ring (bicyclic) bond motifs is 5. The van der Waals surface area contributed by atoms with Crippen LogP contribution in [0.1, 0.15) is 97.8 Å². The lowest BCUT2D eigenvalue weighted by atomic mass is 9.44. The van der Waals surface area contributed by atoms with Gasteiger partial charge in [-0.3, -0.25) is 0 Å². The second-order valence-electron chi connectivity index (χ2n) is 10.9. The van der Waals surface area contributed by atoms with Gasteiger partial charge in [0.2, 0.25) is 0 Å². The van der Waals surface area contributed by atoms with Gasteiger partial charge in [-0.1, -0.05) is 33.6 Å². The van der Waals surface area contributed by atoms with Crippen LogP contribution in [0.4, 0.5) is 0 Å². The number of aldehydes is 1. The second kappa shape index (κ2) is 6.68. The molecule has 4 aliphatic rings. The van der Waals surface area contributed by atoms with Gasteiger partial charge < -0.3 is 4.79 Å². The summed E-state index contributed by atoms with van der Waals surface area (Å²) in [5.74, 6) is 5.66. The number of hydrogen-bond acceptors (Lipinski definition) is 1. The summed E-state index contributed by atoms with van der Waals surface area (Å²) in [6.45, 7) is 7.78. The van der Waals surface area contributed by atoms with E-state index in [9.17, 15) is 4.79 Å². The Hall–Kier alpha value is -0.330. The molecule has 142 valence electrons. The van der Waals surface area contributed by atoms with E-state index in [4.69, 9.17) is 0 Å². The van der Waals surface area contributed by atoms with E-state index in [-0.39, 0.29) is 0 Å². The molecule has 0 amide bonds. The molecule has 0 saturated heterocycles. The van der Waals surface area contributed by atoms with Crippen LogP contribution in [0.3, 0.4) is 0 Å². The van der Waals surface area contributed by atoms with Crippen LogP contribution in [0.25, 0.3) is 0 Å². The Balaban J connectivity index is 1.54. The lowest BCUT2D eigenvalue weighted by Gasteiger charge is -2.61. The normalized spacial score (nSPS) is 50.4. The van der Waals surface area contributed by atoms with E-state index >= 15 is 0 Å². The Labute approximate surface area is 155 Å². The molecular formula is C24H40O. The van der Waals surface area contributed by atoms with Gasteiger partial charge in [0.25, 0.3) is 0 Å². The monoisotopic (exact) mass is 344 g/mol. The lowest BCUT2D eigenvalue weighted by Crippen LogP contribution is -2.53. The maximum absolute atomic E-state index is 10.8. The highest BCUT2D eigenvalue weighted by molar-refractivity contribution is 5.49. The van der Waals surface area contributed by atoms with Gasteiger partial charge in [-0.2, -0.15) is 0 Å². The summed E-state index contributed by atoms with van der Waals surface area (Å²) in [5, 5.41) is 0. The van der Waals surface area contributed by atoms with E-state index in [2.05, 4.69) is 20.8 Å². The van der Waals surface area contributed by atoms with Gasteiger partial charge in [-0.05, 0) is 104 Å². The SMILES string of the molecule is CC(CCC=O)[C@H]1CC[C@H]2[C@@H]3CCC4CCCC[C@]4(C)[C@H]3CC[C@]12C. The van der Waals surface area contributed by atoms with Gasteiger partial charge in [0.05, 0.1) is 0 Å². The van der Waals surface area contributed by atoms with E-state index < -0.39 is 0 Å². The number of carbonyl (C=O) groups is 1. The molecule has 1 nitrogen and oxygen atoms in total. The van der Waals surface area contributed by atoms with Crippen molar-refractivity contribution in [1.29, 1.82) is 0 Å². The average molecular weight is 345 g/mol. The fourth-order valence-electron chi connectivity index (χ4n) is 8.80. The van der Waals surface area contributed by atoms with Gasteiger partial charge in [-0.25, -0.2) is 0 Å². The molecule has 0 N–H and O–H groups in total. The molecule has 0 bridgehead atoms. The molecule has 0 aromatic carbocycles. The molecule has 4 fully saturated rings. The van der Waals surface area contributed by atoms with Crippen molar-refractivity contribution in [2.75, 3.05) is 0 Å². The first-order valence-corrected chi connectivity index (χ1v) is 11.4. The van der Waals surface area contributed by atoms with Crippen LogP contribution >= 0.6 is 0 Å². The molecule has 8 atom stereocenters. The molecule has 2 unspecified atom stereocenters. The van der Waals surface area contributed by atoms with Crippen molar-refractivity contribution in [1.82, 2.24) is 0 Å². The average Bonchev–Trinajstić information content (AvgIpc) is 2.96. The van der Waals surface area contributed by atoms with Crippen molar-refractivity contribution in [2.24, 2.45) is 46.3 Å². The molecule has 4 saturated carbocycles. The maximum atomic E-state index is 10.8. The number of hydrogen-bond donors (Lipinski definition) is 0. The molecular weight excluding hydrogens is 304 g/mol. The summed E-state index contributed by atoms with van der Waals surface area (Å²) in [5.41, 5.74) is 1.24. The first kappa shape index (κ1) is 18.1. The summed E-state index contributed by atoms with van der Waals surface area (Å²) >= 11 is 0. The molecule has 0 heterocycles. The van der Waals surface area contributed by atoms with Gasteiger partial charge in [-0.15, -0.1) is 0 Å². The molecule has 4 aliphatic carbocycles. The molecule has 0 aromatic rings. The summed E-state index contributed by atoms with van der Waals surface area (Å²) in [4.78, 5) is 10.8. The minimum atomic E-state index is 0.571. The number of rotatable bonds is 4. The van der Waals surface area contributed by atoms with Crippen molar-refractivity contribution in [3.63, 3.8) is 0 Å². The second-order valence-corrected chi connectivity index (χ2v) is 10.9. The minimum absolute atomic E-state index is 0.571. The topological polar surface area (TPSA) is 17.1 Å². The molecule has 1 heteroatoms. The van der Waals surface area contributed by atoms with Crippen molar-refractivity contribution in [3.05, 3.63) is 0 Å². The molecule has 0 aliphatic heterocycles. The largest absolute Gasteiger partial charge is 0.303 e. The quantitative estimate of drug-likeness (QED) is 0.522. The zero-order valence-corrected chi connectivity index (χ0v) is 16.9. The highest BCUT2D eigenvalue weighted by Crippen LogP contribution is 2.68. The minimum Gasteiger partial charge on any atom is -0.303 e. The summed E-state index contributed by atoms with van der Waals surface area (Å²) in [6, 6.07) is 0. The smallest absolute Gasteiger partial charge is 0.120 e. The highest BCUT2D eigenvalue weighted by Gasteiger charge is 2.59. The fourth-order valence-corrected chi connectivity index (χ4v) is 8.80. The van der Waals surface area contributed by atoms with Crippen molar-refractivity contribution >= 4 is 6.29 Å². The molecule has 0 spiro atoms. The van der Waals surface area contributed by atoms with Gasteiger partial charge in [0, 0.05) is 6.42 Å². The standard InChI is InChI=1S/C24H40O/c1-17(7-6-16-25)20-11-12-21-19-10-9-18-8-4-5-14-23(18,2)22(19)13-15-24(20,21)3/h16-22H,4-15H2,1-3H3/t17?,18?,19-,20+,21-,22-,23-,24+/m0/s1. The zero-order valence-electron chi connectivity index (χ0n) is 16.9. The zero-order chi connectivity index (χ0) is 17.7. The molecule has 25 heavy (non-hydrogen) atoms. The van der Waals surface area contributed by atoms with Gasteiger partial charge in [0.1, 0.15) is 6.29 Å². The molecule has 0 radical (unpaired) electrons. The third kappa shape index (κ3) is 2.74. The van der Waals surface area contributed by atoms with Crippen LogP contribution in [0.15, 0.2) is 0 Å². The van der Waals surface area contributed by atoms with Gasteiger partial charge >= 0.3 is 0 Å². The van der Waals surface area contributed by atoms with E-state index in [0.717, 1.165) is 54.6 Å². The lowest BCUT2D eigenvalue weighted by molar-refractivity contribution is -0.115. The third-order valence-electron chi connectivity index (χ3n) is 10.1. The first-order chi connectivity index (χ1) is 12.0. The van der Waals surface area contributed by atoms with E-state index in [1.165, 1.54) is 64.2 Å². The van der Waals surface area contributed by atoms with Crippen molar-refractivity contribution in [3.8, 4) is 0 Å². The Morgan fingerprint density at radius 3 is 2.52 bits per heavy atom. The molecule has 4 rings (SSSR count). The van der Waals surface area contributed by atoms with E-state index in [0.29, 0.717) is 10.8 Å². The Morgan fingerprint density at radius 1 is 0.920 bits per heavy atom. The van der Waals surface area contributed by atoms with Crippen molar-refractivity contribution in [2.45, 2.75) is 97.8 Å². The van der Waals surface area contributed by atoms with Crippen LogP contribution in [-0.2, 0) is 4.79 Å². The fraction of sp³-hybridized carbons (Fsp3) is 0.958. The van der Waals surface area contributed by atoms with Gasteiger partial charge in [0.15, 0.2) is 0 Å². The van der Waals surface area contributed by atoms with E-state index in [1.807, 2.05) is 0 Å². The summed E-state index contributed by atoms with van der Waals surface area (Å²) in [6.07, 6.45) is 18.0. The predicted octanol–water partition coefficient (Wildman–Crippen LogP) is 6.65. The van der Waals surface area contributed by atoms with Crippen LogP contribution in [0, 0.1) is 46.3 Å². The Morgan fingerprint density at radius 2 is 1.72 bits per heavy atom. The van der Waals surface area contributed by atoms with Crippen LogP contribution in [0.2, 0.25) is 0 Å². The Bertz CT molecular complexity index is 498. The summed E-state index contributed by atoms with van der Waals surface area (Å²) in [7, 11) is 0. The Kier molecular flexibility index (Phi) is 4.82. The van der Waals surface area contributed by atoms with Crippen LogP contribution in [-0.4, -0.2) is 6.29 Å². The van der Waals surface area contributed by atoms with E-state index in [1.54, 1.807) is 0 Å². The van der Waals surface area contributed by atoms with Crippen LogP contribution in [0.5, 0.6) is 0 Å². The van der Waals surface area contributed by atoms with Crippen LogP contribution < -0.4 is 0 Å². The maximum Gasteiger partial charge on any atom is 0.120 e. The molecule has 0 aromatic heterocycles. The predicted molar refractivity (Wildman–Crippen MR) is 104 cm³/mol. The third-order valence-corrected chi connectivity index (χ3v) is 10.1. The highest BCUT2D eigenvalue weighted by atomic mass is 16.1. The summed E-state index contributed by atoms with van der Waals surface area (Å²) < 4.78 is 0.